The highest BCUT2D eigenvalue weighted by molar-refractivity contribution is 5.87. The summed E-state index contributed by atoms with van der Waals surface area (Å²) in [4.78, 5) is 16.9. The minimum Gasteiger partial charge on any atom is -0.481 e. The average Bonchev–Trinajstić information content (AvgIpc) is 2.81. The lowest BCUT2D eigenvalue weighted by Crippen LogP contribution is -2.46. The summed E-state index contributed by atoms with van der Waals surface area (Å²) in [5.41, 5.74) is 2.77. The molecule has 0 aliphatic heterocycles. The van der Waals surface area contributed by atoms with Crippen LogP contribution in [-0.4, -0.2) is 17.9 Å². The third kappa shape index (κ3) is 1.80. The molecule has 1 aromatic rings. The van der Waals surface area contributed by atoms with Gasteiger partial charge in [0.1, 0.15) is 5.78 Å². The lowest BCUT2D eigenvalue weighted by molar-refractivity contribution is -0.130. The molecule has 1 aromatic heterocycles. The number of ether oxygens (including phenoxy) is 1. The molecule has 1 heterocycles. The van der Waals surface area contributed by atoms with Crippen LogP contribution in [0.5, 0.6) is 5.88 Å². The Labute approximate surface area is 132 Å². The fourth-order valence-corrected chi connectivity index (χ4v) is 5.87. The van der Waals surface area contributed by atoms with Crippen molar-refractivity contribution in [1.82, 2.24) is 4.98 Å². The van der Waals surface area contributed by atoms with Crippen LogP contribution in [0.1, 0.15) is 56.6 Å². The highest BCUT2D eigenvalue weighted by Gasteiger charge is 2.56. The normalized spacial score (nSPS) is 39.9. The van der Waals surface area contributed by atoms with Crippen LogP contribution in [0.15, 0.2) is 12.3 Å². The summed E-state index contributed by atoms with van der Waals surface area (Å²) >= 11 is 0. The molecule has 2 fully saturated rings. The fraction of sp³-hybridized carbons (Fsp3) is 0.684. The summed E-state index contributed by atoms with van der Waals surface area (Å²) < 4.78 is 5.29. The topological polar surface area (TPSA) is 39.2 Å². The smallest absolute Gasteiger partial charge is 0.213 e. The molecular weight excluding hydrogens is 274 g/mol. The Hall–Kier alpha value is -1.38. The minimum atomic E-state index is -0.0576. The maximum absolute atomic E-state index is 12.5. The van der Waals surface area contributed by atoms with Gasteiger partial charge in [0, 0.05) is 24.1 Å². The van der Waals surface area contributed by atoms with Crippen molar-refractivity contribution in [3.8, 4) is 5.88 Å². The van der Waals surface area contributed by atoms with E-state index >= 15 is 0 Å². The lowest BCUT2D eigenvalue weighted by Gasteiger charge is -2.51. The van der Waals surface area contributed by atoms with Crippen LogP contribution < -0.4 is 4.74 Å². The number of pyridine rings is 1. The summed E-state index contributed by atoms with van der Waals surface area (Å²) in [5.74, 6) is 3.61. The van der Waals surface area contributed by atoms with Gasteiger partial charge in [-0.2, -0.15) is 0 Å². The SMILES string of the molecule is COc1cc2c(cn1)[C@@H]1[C@@H](CC2)[C@@H]2CCC(=O)[C@@]2(C)C[C@@H]1C. The molecule has 118 valence electrons. The van der Waals surface area contributed by atoms with E-state index in [2.05, 4.69) is 24.9 Å². The van der Waals surface area contributed by atoms with E-state index < -0.39 is 0 Å². The molecule has 0 unspecified atom stereocenters. The first-order valence-electron chi connectivity index (χ1n) is 8.60. The zero-order chi connectivity index (χ0) is 15.5. The molecule has 0 N–H and O–H groups in total. The van der Waals surface area contributed by atoms with Crippen LogP contribution in [0, 0.1) is 23.2 Å². The second kappa shape index (κ2) is 4.81. The second-order valence-corrected chi connectivity index (χ2v) is 7.82. The third-order valence-corrected chi connectivity index (χ3v) is 6.79. The molecule has 5 atom stereocenters. The molecule has 0 amide bonds. The van der Waals surface area contributed by atoms with Crippen molar-refractivity contribution in [2.45, 2.75) is 51.9 Å². The number of fused-ring (bicyclic) bond motifs is 5. The van der Waals surface area contributed by atoms with Gasteiger partial charge in [-0.25, -0.2) is 4.98 Å². The lowest BCUT2D eigenvalue weighted by atomic mass is 9.52. The van der Waals surface area contributed by atoms with Crippen LogP contribution in [-0.2, 0) is 11.2 Å². The van der Waals surface area contributed by atoms with E-state index in [9.17, 15) is 4.79 Å². The number of ketones is 1. The molecule has 0 saturated heterocycles. The van der Waals surface area contributed by atoms with E-state index in [1.165, 1.54) is 17.5 Å². The van der Waals surface area contributed by atoms with Gasteiger partial charge in [0.05, 0.1) is 7.11 Å². The number of carbonyl (C=O) groups is 1. The summed E-state index contributed by atoms with van der Waals surface area (Å²) in [6, 6.07) is 2.12. The molecule has 0 spiro atoms. The van der Waals surface area contributed by atoms with Gasteiger partial charge in [-0.05, 0) is 60.5 Å². The van der Waals surface area contributed by atoms with E-state index in [1.807, 2.05) is 6.20 Å². The van der Waals surface area contributed by atoms with Crippen molar-refractivity contribution in [2.75, 3.05) is 7.11 Å². The Bertz CT molecular complexity index is 626. The molecule has 22 heavy (non-hydrogen) atoms. The standard InChI is InChI=1S/C19H25NO2/c1-11-9-19(2)15(6-7-16(19)21)13-5-4-12-8-17(22-3)20-10-14(12)18(11)13/h8,10-11,13,15,18H,4-7,9H2,1-3H3/t11-,13-,15-,18-,19-/m0/s1. The molecule has 0 bridgehead atoms. The van der Waals surface area contributed by atoms with Crippen LogP contribution in [0.3, 0.4) is 0 Å². The molecule has 0 radical (unpaired) electrons. The second-order valence-electron chi connectivity index (χ2n) is 7.82. The van der Waals surface area contributed by atoms with Gasteiger partial charge < -0.3 is 4.74 Å². The van der Waals surface area contributed by atoms with Gasteiger partial charge in [-0.3, -0.25) is 4.79 Å². The summed E-state index contributed by atoms with van der Waals surface area (Å²) in [5, 5.41) is 0. The van der Waals surface area contributed by atoms with Crippen LogP contribution in [0.4, 0.5) is 0 Å². The van der Waals surface area contributed by atoms with Gasteiger partial charge in [0.15, 0.2) is 0 Å². The van der Waals surface area contributed by atoms with Gasteiger partial charge in [0.2, 0.25) is 5.88 Å². The maximum atomic E-state index is 12.5. The first kappa shape index (κ1) is 14.2. The largest absolute Gasteiger partial charge is 0.481 e. The van der Waals surface area contributed by atoms with Crippen LogP contribution >= 0.6 is 0 Å². The van der Waals surface area contributed by atoms with Crippen molar-refractivity contribution < 1.29 is 9.53 Å². The van der Waals surface area contributed by atoms with Crippen molar-refractivity contribution in [2.24, 2.45) is 23.2 Å². The van der Waals surface area contributed by atoms with E-state index in [1.54, 1.807) is 7.11 Å². The molecule has 3 aliphatic carbocycles. The Kier molecular flexibility index (Phi) is 3.11. The third-order valence-electron chi connectivity index (χ3n) is 6.79. The van der Waals surface area contributed by atoms with Gasteiger partial charge in [-0.1, -0.05) is 13.8 Å². The molecule has 3 nitrogen and oxygen atoms in total. The summed E-state index contributed by atoms with van der Waals surface area (Å²) in [7, 11) is 1.68. The Morgan fingerprint density at radius 3 is 2.91 bits per heavy atom. The zero-order valence-electron chi connectivity index (χ0n) is 13.8. The molecule has 2 saturated carbocycles. The number of rotatable bonds is 1. The number of Topliss-reactive ketones (excluding diaryl/α,β-unsaturated/α-hetero) is 1. The van der Waals surface area contributed by atoms with Gasteiger partial charge >= 0.3 is 0 Å². The van der Waals surface area contributed by atoms with Gasteiger partial charge in [0.25, 0.3) is 0 Å². The number of hydrogen-bond acceptors (Lipinski definition) is 3. The first-order chi connectivity index (χ1) is 10.5. The quantitative estimate of drug-likeness (QED) is 0.792. The molecule has 4 rings (SSSR count). The maximum Gasteiger partial charge on any atom is 0.213 e. The number of methoxy groups -OCH3 is 1. The van der Waals surface area contributed by atoms with Gasteiger partial charge in [-0.15, -0.1) is 0 Å². The Morgan fingerprint density at radius 1 is 1.32 bits per heavy atom. The van der Waals surface area contributed by atoms with Crippen LogP contribution in [0.25, 0.3) is 0 Å². The predicted octanol–water partition coefficient (Wildman–Crippen LogP) is 3.76. The molecule has 0 aromatic carbocycles. The highest BCUT2D eigenvalue weighted by Crippen LogP contribution is 2.61. The predicted molar refractivity (Wildman–Crippen MR) is 85.0 cm³/mol. The Balaban J connectivity index is 1.75. The number of aromatic nitrogens is 1. The fourth-order valence-electron chi connectivity index (χ4n) is 5.87. The first-order valence-corrected chi connectivity index (χ1v) is 8.60. The highest BCUT2D eigenvalue weighted by atomic mass is 16.5. The molecular formula is C19H25NO2. The number of nitrogens with zero attached hydrogens (tertiary/aromatic N) is 1. The number of aryl methyl sites for hydroxylation is 1. The average molecular weight is 299 g/mol. The van der Waals surface area contributed by atoms with Crippen molar-refractivity contribution >= 4 is 5.78 Å². The van der Waals surface area contributed by atoms with E-state index in [-0.39, 0.29) is 5.41 Å². The van der Waals surface area contributed by atoms with Crippen molar-refractivity contribution in [3.05, 3.63) is 23.4 Å². The Morgan fingerprint density at radius 2 is 2.14 bits per heavy atom. The minimum absolute atomic E-state index is 0.0576. The van der Waals surface area contributed by atoms with Crippen molar-refractivity contribution in [3.63, 3.8) is 0 Å². The summed E-state index contributed by atoms with van der Waals surface area (Å²) in [6.07, 6.45) is 7.29. The van der Waals surface area contributed by atoms with Crippen molar-refractivity contribution in [1.29, 1.82) is 0 Å². The van der Waals surface area contributed by atoms with E-state index in [4.69, 9.17) is 4.74 Å². The number of hydrogen-bond donors (Lipinski definition) is 0. The zero-order valence-corrected chi connectivity index (χ0v) is 13.8. The molecule has 3 aliphatic rings. The number of carbonyl (C=O) groups excluding carboxylic acids is 1. The van der Waals surface area contributed by atoms with E-state index in [0.29, 0.717) is 29.5 Å². The van der Waals surface area contributed by atoms with E-state index in [0.717, 1.165) is 31.6 Å². The monoisotopic (exact) mass is 299 g/mol. The molecule has 3 heteroatoms. The van der Waals surface area contributed by atoms with Crippen LogP contribution in [0.2, 0.25) is 0 Å². The summed E-state index contributed by atoms with van der Waals surface area (Å²) in [6.45, 7) is 4.57.